The third kappa shape index (κ3) is 4.92. The zero-order valence-electron chi connectivity index (χ0n) is 13.1. The van der Waals surface area contributed by atoms with Crippen LogP contribution < -0.4 is 5.32 Å². The van der Waals surface area contributed by atoms with Crippen molar-refractivity contribution in [2.24, 2.45) is 0 Å². The van der Waals surface area contributed by atoms with Gasteiger partial charge in [-0.3, -0.25) is 14.9 Å². The van der Waals surface area contributed by atoms with Gasteiger partial charge in [0.05, 0.1) is 11.4 Å². The van der Waals surface area contributed by atoms with Crippen molar-refractivity contribution in [2.75, 3.05) is 13.6 Å². The molecule has 0 radical (unpaired) electrons. The van der Waals surface area contributed by atoms with Gasteiger partial charge in [-0.1, -0.05) is 19.1 Å². The van der Waals surface area contributed by atoms with E-state index in [0.29, 0.717) is 0 Å². The SMILES string of the molecule is CCN(Cc1ccc(CNC)cn1)Cc1cccc(C)n1. The Kier molecular flexibility index (Phi) is 5.84. The number of hydrogen-bond acceptors (Lipinski definition) is 4. The van der Waals surface area contributed by atoms with E-state index in [1.165, 1.54) is 5.56 Å². The Bertz CT molecular complexity index is 551. The molecule has 0 atom stereocenters. The molecule has 2 heterocycles. The Balaban J connectivity index is 1.98. The summed E-state index contributed by atoms with van der Waals surface area (Å²) in [5, 5.41) is 3.13. The Morgan fingerprint density at radius 3 is 2.52 bits per heavy atom. The smallest absolute Gasteiger partial charge is 0.0547 e. The molecule has 0 aliphatic rings. The summed E-state index contributed by atoms with van der Waals surface area (Å²) in [5.74, 6) is 0. The van der Waals surface area contributed by atoms with Crippen LogP contribution in [0.25, 0.3) is 0 Å². The molecule has 1 N–H and O–H groups in total. The highest BCUT2D eigenvalue weighted by Gasteiger charge is 2.07. The molecule has 0 saturated heterocycles. The van der Waals surface area contributed by atoms with E-state index in [9.17, 15) is 0 Å². The van der Waals surface area contributed by atoms with Gasteiger partial charge in [0.15, 0.2) is 0 Å². The summed E-state index contributed by atoms with van der Waals surface area (Å²) >= 11 is 0. The van der Waals surface area contributed by atoms with Crippen LogP contribution in [0.2, 0.25) is 0 Å². The minimum Gasteiger partial charge on any atom is -0.316 e. The zero-order chi connectivity index (χ0) is 15.1. The van der Waals surface area contributed by atoms with Crippen molar-refractivity contribution < 1.29 is 0 Å². The van der Waals surface area contributed by atoms with Crippen LogP contribution in [0, 0.1) is 6.92 Å². The van der Waals surface area contributed by atoms with Crippen LogP contribution in [-0.4, -0.2) is 28.5 Å². The fraction of sp³-hybridized carbons (Fsp3) is 0.412. The van der Waals surface area contributed by atoms with Gasteiger partial charge < -0.3 is 5.32 Å². The average molecular weight is 284 g/mol. The van der Waals surface area contributed by atoms with E-state index in [1.54, 1.807) is 0 Å². The van der Waals surface area contributed by atoms with Crippen molar-refractivity contribution in [3.8, 4) is 0 Å². The maximum absolute atomic E-state index is 4.57. The van der Waals surface area contributed by atoms with E-state index < -0.39 is 0 Å². The first-order valence-corrected chi connectivity index (χ1v) is 7.44. The molecule has 0 aliphatic carbocycles. The predicted molar refractivity (Wildman–Crippen MR) is 85.8 cm³/mol. The van der Waals surface area contributed by atoms with Crippen LogP contribution in [-0.2, 0) is 19.6 Å². The fourth-order valence-electron chi connectivity index (χ4n) is 2.28. The molecule has 21 heavy (non-hydrogen) atoms. The second kappa shape index (κ2) is 7.86. The molecule has 4 heteroatoms. The van der Waals surface area contributed by atoms with E-state index in [4.69, 9.17) is 0 Å². The summed E-state index contributed by atoms with van der Waals surface area (Å²) in [4.78, 5) is 11.5. The molecule has 2 aromatic rings. The third-order valence-corrected chi connectivity index (χ3v) is 3.43. The monoisotopic (exact) mass is 284 g/mol. The zero-order valence-corrected chi connectivity index (χ0v) is 13.1. The Hall–Kier alpha value is -1.78. The minimum absolute atomic E-state index is 0.853. The fourth-order valence-corrected chi connectivity index (χ4v) is 2.28. The summed E-state index contributed by atoms with van der Waals surface area (Å²) in [5.41, 5.74) is 4.50. The predicted octanol–water partition coefficient (Wildman–Crippen LogP) is 2.53. The van der Waals surface area contributed by atoms with Gasteiger partial charge in [-0.2, -0.15) is 0 Å². The third-order valence-electron chi connectivity index (χ3n) is 3.43. The topological polar surface area (TPSA) is 41.0 Å². The normalized spacial score (nSPS) is 11.0. The van der Waals surface area contributed by atoms with Crippen LogP contribution in [0.3, 0.4) is 0 Å². The van der Waals surface area contributed by atoms with E-state index >= 15 is 0 Å². The Morgan fingerprint density at radius 2 is 1.90 bits per heavy atom. The number of nitrogens with zero attached hydrogens (tertiary/aromatic N) is 3. The highest BCUT2D eigenvalue weighted by Crippen LogP contribution is 2.08. The van der Waals surface area contributed by atoms with Crippen LogP contribution in [0.5, 0.6) is 0 Å². The van der Waals surface area contributed by atoms with Crippen molar-refractivity contribution in [3.63, 3.8) is 0 Å². The highest BCUT2D eigenvalue weighted by atomic mass is 15.1. The molecule has 0 aliphatic heterocycles. The first-order valence-electron chi connectivity index (χ1n) is 7.44. The van der Waals surface area contributed by atoms with Crippen molar-refractivity contribution in [3.05, 3.63) is 59.2 Å². The maximum Gasteiger partial charge on any atom is 0.0547 e. The van der Waals surface area contributed by atoms with Gasteiger partial charge in [-0.15, -0.1) is 0 Å². The van der Waals surface area contributed by atoms with Gasteiger partial charge in [0.1, 0.15) is 0 Å². The largest absolute Gasteiger partial charge is 0.316 e. The molecule has 0 aromatic carbocycles. The number of hydrogen-bond donors (Lipinski definition) is 1. The molecule has 112 valence electrons. The Morgan fingerprint density at radius 1 is 1.10 bits per heavy atom. The Labute approximate surface area is 127 Å². The minimum atomic E-state index is 0.853. The molecule has 0 bridgehead atoms. The van der Waals surface area contributed by atoms with E-state index in [0.717, 1.165) is 43.3 Å². The van der Waals surface area contributed by atoms with Gasteiger partial charge in [0.2, 0.25) is 0 Å². The lowest BCUT2D eigenvalue weighted by Crippen LogP contribution is -2.23. The molecule has 0 unspecified atom stereocenters. The van der Waals surface area contributed by atoms with Gasteiger partial charge >= 0.3 is 0 Å². The highest BCUT2D eigenvalue weighted by molar-refractivity contribution is 5.14. The molecule has 0 fully saturated rings. The van der Waals surface area contributed by atoms with E-state index in [1.807, 2.05) is 26.2 Å². The molecule has 4 nitrogen and oxygen atoms in total. The first-order chi connectivity index (χ1) is 10.2. The molecule has 0 saturated carbocycles. The molecule has 2 aromatic heterocycles. The first kappa shape index (κ1) is 15.6. The lowest BCUT2D eigenvalue weighted by molar-refractivity contribution is 0.264. The number of aryl methyl sites for hydroxylation is 1. The number of aromatic nitrogens is 2. The average Bonchev–Trinajstić information content (AvgIpc) is 2.49. The molecule has 0 spiro atoms. The molecular formula is C17H24N4. The molecule has 0 amide bonds. The number of rotatable bonds is 7. The maximum atomic E-state index is 4.57. The molecular weight excluding hydrogens is 260 g/mol. The van der Waals surface area contributed by atoms with E-state index in [-0.39, 0.29) is 0 Å². The summed E-state index contributed by atoms with van der Waals surface area (Å²) < 4.78 is 0. The number of pyridine rings is 2. The second-order valence-corrected chi connectivity index (χ2v) is 5.26. The molecule has 2 rings (SSSR count). The number of nitrogens with one attached hydrogen (secondary N) is 1. The van der Waals surface area contributed by atoms with Crippen LogP contribution in [0.4, 0.5) is 0 Å². The van der Waals surface area contributed by atoms with Crippen molar-refractivity contribution >= 4 is 0 Å². The summed E-state index contributed by atoms with van der Waals surface area (Å²) in [7, 11) is 1.95. The van der Waals surface area contributed by atoms with Crippen LogP contribution in [0.15, 0.2) is 36.5 Å². The van der Waals surface area contributed by atoms with Crippen molar-refractivity contribution in [2.45, 2.75) is 33.5 Å². The van der Waals surface area contributed by atoms with Crippen molar-refractivity contribution in [1.82, 2.24) is 20.2 Å². The van der Waals surface area contributed by atoms with Gasteiger partial charge in [-0.25, -0.2) is 0 Å². The summed E-state index contributed by atoms with van der Waals surface area (Å²) in [6.07, 6.45) is 1.95. The van der Waals surface area contributed by atoms with Crippen LogP contribution >= 0.6 is 0 Å². The van der Waals surface area contributed by atoms with Crippen LogP contribution in [0.1, 0.15) is 29.6 Å². The second-order valence-electron chi connectivity index (χ2n) is 5.26. The van der Waals surface area contributed by atoms with Gasteiger partial charge in [0, 0.05) is 31.5 Å². The summed E-state index contributed by atoms with van der Waals surface area (Å²) in [6.45, 7) is 7.75. The van der Waals surface area contributed by atoms with Gasteiger partial charge in [-0.05, 0) is 44.3 Å². The standard InChI is InChI=1S/C17H24N4/c1-4-21(13-17-7-5-6-14(2)20-17)12-16-9-8-15(10-18-3)11-19-16/h5-9,11,18H,4,10,12-13H2,1-3H3. The lowest BCUT2D eigenvalue weighted by Gasteiger charge is -2.19. The van der Waals surface area contributed by atoms with Crippen molar-refractivity contribution in [1.29, 1.82) is 0 Å². The lowest BCUT2D eigenvalue weighted by atomic mass is 10.2. The quantitative estimate of drug-likeness (QED) is 0.848. The summed E-state index contributed by atoms with van der Waals surface area (Å²) in [6, 6.07) is 10.4. The van der Waals surface area contributed by atoms with Gasteiger partial charge in [0.25, 0.3) is 0 Å². The van der Waals surface area contributed by atoms with E-state index in [2.05, 4.69) is 51.4 Å².